The Labute approximate surface area is 155 Å². The predicted octanol–water partition coefficient (Wildman–Crippen LogP) is 5.75. The second-order valence-electron chi connectivity index (χ2n) is 5.98. The summed E-state index contributed by atoms with van der Waals surface area (Å²) in [5.74, 6) is 1.35. The average molecular weight is 408 g/mol. The molecule has 0 radical (unpaired) electrons. The second kappa shape index (κ2) is 6.84. The SMILES string of the molecule is CCC(CC)c1cc(C)nn2c(-c3sc(Br)cc3OC)c(C)nc12. The van der Waals surface area contributed by atoms with Crippen molar-refractivity contribution in [2.45, 2.75) is 46.5 Å². The van der Waals surface area contributed by atoms with Gasteiger partial charge in [0.2, 0.25) is 0 Å². The van der Waals surface area contributed by atoms with Gasteiger partial charge in [-0.05, 0) is 54.6 Å². The highest BCUT2D eigenvalue weighted by molar-refractivity contribution is 9.11. The minimum Gasteiger partial charge on any atom is -0.495 e. The maximum Gasteiger partial charge on any atom is 0.158 e. The van der Waals surface area contributed by atoms with Gasteiger partial charge in [-0.15, -0.1) is 11.3 Å². The van der Waals surface area contributed by atoms with E-state index in [2.05, 4.69) is 35.8 Å². The molecule has 0 unspecified atom stereocenters. The van der Waals surface area contributed by atoms with E-state index in [0.717, 1.165) is 50.0 Å². The standard InChI is InChI=1S/C18H22BrN3OS/c1-6-12(7-2)13-8-10(3)21-22-16(11(4)20-18(13)22)17-14(23-5)9-15(19)24-17/h8-9,12H,6-7H2,1-5H3. The van der Waals surface area contributed by atoms with Crippen molar-refractivity contribution in [1.82, 2.24) is 14.6 Å². The molecule has 0 aliphatic rings. The van der Waals surface area contributed by atoms with Crippen molar-refractivity contribution in [2.24, 2.45) is 0 Å². The van der Waals surface area contributed by atoms with Crippen molar-refractivity contribution >= 4 is 32.9 Å². The Morgan fingerprint density at radius 1 is 1.25 bits per heavy atom. The maximum atomic E-state index is 5.56. The summed E-state index contributed by atoms with van der Waals surface area (Å²) < 4.78 is 8.59. The summed E-state index contributed by atoms with van der Waals surface area (Å²) in [5, 5.41) is 4.76. The molecule has 0 aliphatic heterocycles. The molecular formula is C18H22BrN3OS. The topological polar surface area (TPSA) is 39.4 Å². The Morgan fingerprint density at radius 2 is 1.96 bits per heavy atom. The number of methoxy groups -OCH3 is 1. The van der Waals surface area contributed by atoms with Crippen LogP contribution in [0.2, 0.25) is 0 Å². The lowest BCUT2D eigenvalue weighted by Gasteiger charge is -2.14. The van der Waals surface area contributed by atoms with Crippen molar-refractivity contribution in [1.29, 1.82) is 0 Å². The number of rotatable bonds is 5. The number of aromatic nitrogens is 3. The van der Waals surface area contributed by atoms with Gasteiger partial charge in [-0.1, -0.05) is 13.8 Å². The van der Waals surface area contributed by atoms with E-state index >= 15 is 0 Å². The number of aryl methyl sites for hydroxylation is 2. The van der Waals surface area contributed by atoms with E-state index in [1.165, 1.54) is 5.56 Å². The molecule has 0 N–H and O–H groups in total. The number of thiophene rings is 1. The van der Waals surface area contributed by atoms with E-state index < -0.39 is 0 Å². The highest BCUT2D eigenvalue weighted by atomic mass is 79.9. The van der Waals surface area contributed by atoms with Crippen LogP contribution in [-0.2, 0) is 0 Å². The largest absolute Gasteiger partial charge is 0.495 e. The van der Waals surface area contributed by atoms with Crippen molar-refractivity contribution in [3.8, 4) is 16.3 Å². The Bertz CT molecular complexity index is 880. The van der Waals surface area contributed by atoms with Crippen LogP contribution in [0.5, 0.6) is 5.75 Å². The monoisotopic (exact) mass is 407 g/mol. The Hall–Kier alpha value is -1.40. The lowest BCUT2D eigenvalue weighted by Crippen LogP contribution is -2.05. The zero-order valence-electron chi connectivity index (χ0n) is 14.7. The zero-order chi connectivity index (χ0) is 17.4. The molecule has 3 heterocycles. The van der Waals surface area contributed by atoms with E-state index in [-0.39, 0.29) is 0 Å². The van der Waals surface area contributed by atoms with Gasteiger partial charge >= 0.3 is 0 Å². The predicted molar refractivity (Wildman–Crippen MR) is 103 cm³/mol. The van der Waals surface area contributed by atoms with Gasteiger partial charge in [-0.25, -0.2) is 9.50 Å². The molecule has 3 aromatic heterocycles. The lowest BCUT2D eigenvalue weighted by atomic mass is 9.95. The molecule has 0 aromatic carbocycles. The molecule has 0 saturated carbocycles. The number of halogens is 1. The van der Waals surface area contributed by atoms with Gasteiger partial charge in [0, 0.05) is 11.6 Å². The maximum absolute atomic E-state index is 5.56. The molecule has 6 heteroatoms. The van der Waals surface area contributed by atoms with Crippen LogP contribution in [0.25, 0.3) is 16.2 Å². The zero-order valence-corrected chi connectivity index (χ0v) is 17.1. The van der Waals surface area contributed by atoms with Crippen LogP contribution in [0.1, 0.15) is 49.6 Å². The fraction of sp³-hybridized carbons (Fsp3) is 0.444. The highest BCUT2D eigenvalue weighted by Crippen LogP contribution is 2.42. The summed E-state index contributed by atoms with van der Waals surface area (Å²) in [4.78, 5) is 5.93. The van der Waals surface area contributed by atoms with E-state index in [1.807, 2.05) is 24.4 Å². The number of nitrogens with zero attached hydrogens (tertiary/aromatic N) is 3. The molecule has 0 atom stereocenters. The molecular weight excluding hydrogens is 386 g/mol. The first-order valence-corrected chi connectivity index (χ1v) is 9.81. The molecule has 0 fully saturated rings. The molecule has 4 nitrogen and oxygen atoms in total. The molecule has 24 heavy (non-hydrogen) atoms. The van der Waals surface area contributed by atoms with E-state index in [9.17, 15) is 0 Å². The van der Waals surface area contributed by atoms with Crippen molar-refractivity contribution < 1.29 is 4.74 Å². The molecule has 0 saturated heterocycles. The van der Waals surface area contributed by atoms with Crippen LogP contribution in [0.3, 0.4) is 0 Å². The summed E-state index contributed by atoms with van der Waals surface area (Å²) in [6.45, 7) is 8.56. The third-order valence-corrected chi connectivity index (χ3v) is 6.06. The average Bonchev–Trinajstić information content (AvgIpc) is 3.07. The van der Waals surface area contributed by atoms with Gasteiger partial charge < -0.3 is 4.74 Å². The molecule has 3 rings (SSSR count). The molecule has 0 bridgehead atoms. The van der Waals surface area contributed by atoms with Crippen LogP contribution in [0.4, 0.5) is 0 Å². The van der Waals surface area contributed by atoms with Gasteiger partial charge in [0.15, 0.2) is 5.65 Å². The smallest absolute Gasteiger partial charge is 0.158 e. The number of imidazole rings is 1. The Balaban J connectivity index is 2.32. The Morgan fingerprint density at radius 3 is 2.58 bits per heavy atom. The number of fused-ring (bicyclic) bond motifs is 1. The normalized spacial score (nSPS) is 11.6. The Kier molecular flexibility index (Phi) is 4.97. The van der Waals surface area contributed by atoms with Crippen LogP contribution in [0.15, 0.2) is 15.9 Å². The van der Waals surface area contributed by atoms with E-state index in [4.69, 9.17) is 14.8 Å². The summed E-state index contributed by atoms with van der Waals surface area (Å²) in [6.07, 6.45) is 2.20. The third-order valence-electron chi connectivity index (χ3n) is 4.44. The lowest BCUT2D eigenvalue weighted by molar-refractivity contribution is 0.418. The first-order valence-electron chi connectivity index (χ1n) is 8.20. The van der Waals surface area contributed by atoms with Gasteiger partial charge in [0.1, 0.15) is 11.4 Å². The number of ether oxygens (including phenoxy) is 1. The van der Waals surface area contributed by atoms with Crippen LogP contribution in [0, 0.1) is 13.8 Å². The highest BCUT2D eigenvalue weighted by Gasteiger charge is 2.22. The van der Waals surface area contributed by atoms with Gasteiger partial charge in [0.25, 0.3) is 0 Å². The second-order valence-corrected chi connectivity index (χ2v) is 8.42. The third kappa shape index (κ3) is 2.86. The van der Waals surface area contributed by atoms with Gasteiger partial charge in [0.05, 0.1) is 27.2 Å². The summed E-state index contributed by atoms with van der Waals surface area (Å²) in [5.41, 5.74) is 5.27. The molecule has 0 amide bonds. The fourth-order valence-electron chi connectivity index (χ4n) is 3.23. The van der Waals surface area contributed by atoms with Crippen molar-refractivity contribution in [3.63, 3.8) is 0 Å². The van der Waals surface area contributed by atoms with Gasteiger partial charge in [-0.3, -0.25) is 0 Å². The summed E-state index contributed by atoms with van der Waals surface area (Å²) >= 11 is 5.21. The number of hydrogen-bond acceptors (Lipinski definition) is 4. The molecule has 0 spiro atoms. The first-order chi connectivity index (χ1) is 11.5. The van der Waals surface area contributed by atoms with E-state index in [0.29, 0.717) is 5.92 Å². The minimum atomic E-state index is 0.501. The summed E-state index contributed by atoms with van der Waals surface area (Å²) in [7, 11) is 1.70. The first kappa shape index (κ1) is 17.4. The van der Waals surface area contributed by atoms with E-state index in [1.54, 1.807) is 18.4 Å². The van der Waals surface area contributed by atoms with Gasteiger partial charge in [-0.2, -0.15) is 5.10 Å². The fourth-order valence-corrected chi connectivity index (χ4v) is 4.86. The minimum absolute atomic E-state index is 0.501. The van der Waals surface area contributed by atoms with Crippen LogP contribution >= 0.6 is 27.3 Å². The molecule has 128 valence electrons. The number of hydrogen-bond donors (Lipinski definition) is 0. The van der Waals surface area contributed by atoms with Crippen molar-refractivity contribution in [2.75, 3.05) is 7.11 Å². The molecule has 0 aliphatic carbocycles. The van der Waals surface area contributed by atoms with Crippen LogP contribution < -0.4 is 4.74 Å². The van der Waals surface area contributed by atoms with Crippen LogP contribution in [-0.4, -0.2) is 21.7 Å². The summed E-state index contributed by atoms with van der Waals surface area (Å²) in [6, 6.07) is 4.18. The quantitative estimate of drug-likeness (QED) is 0.540. The molecule has 3 aromatic rings. The van der Waals surface area contributed by atoms with Crippen molar-refractivity contribution in [3.05, 3.63) is 32.9 Å².